The van der Waals surface area contributed by atoms with Gasteiger partial charge in [0.15, 0.2) is 5.13 Å². The van der Waals surface area contributed by atoms with Crippen LogP contribution in [0.25, 0.3) is 0 Å². The molecule has 0 aliphatic rings. The Morgan fingerprint density at radius 1 is 1.43 bits per heavy atom. The summed E-state index contributed by atoms with van der Waals surface area (Å²) in [6.07, 6.45) is 1.08. The molecular weight excluding hydrogens is 318 g/mol. The predicted octanol–water partition coefficient (Wildman–Crippen LogP) is 3.53. The zero-order chi connectivity index (χ0) is 15.5. The van der Waals surface area contributed by atoms with Crippen LogP contribution in [-0.4, -0.2) is 28.5 Å². The van der Waals surface area contributed by atoms with Gasteiger partial charge in [-0.1, -0.05) is 18.2 Å². The molecule has 1 amide bonds. The van der Waals surface area contributed by atoms with E-state index in [1.807, 2.05) is 0 Å². The Morgan fingerprint density at radius 3 is 2.62 bits per heavy atom. The lowest BCUT2D eigenvalue weighted by Crippen LogP contribution is -2.14. The van der Waals surface area contributed by atoms with Crippen LogP contribution >= 0.6 is 22.9 Å². The molecule has 1 heterocycles. The molecule has 21 heavy (non-hydrogen) atoms. The van der Waals surface area contributed by atoms with E-state index in [-0.39, 0.29) is 12.3 Å². The number of halogens is 1. The Morgan fingerprint density at radius 2 is 2.14 bits per heavy atom. The fourth-order valence-corrected chi connectivity index (χ4v) is 1.68. The summed E-state index contributed by atoms with van der Waals surface area (Å²) in [5.74, 6) is 0.297. The first-order valence-electron chi connectivity index (χ1n) is 5.72. The fraction of sp³-hybridized carbons (Fsp3) is 0.167. The molecule has 0 saturated heterocycles. The average Bonchev–Trinajstić information content (AvgIpc) is 2.99. The number of aromatic nitrogens is 1. The van der Waals surface area contributed by atoms with Gasteiger partial charge in [-0.05, 0) is 0 Å². The van der Waals surface area contributed by atoms with E-state index in [1.54, 1.807) is 29.8 Å². The quantitative estimate of drug-likeness (QED) is 0.526. The largest absolute Gasteiger partial charge is 0.448 e. The number of nitrogens with zero attached hydrogens (tertiary/aromatic N) is 2. The number of benzene rings is 1. The van der Waals surface area contributed by atoms with Gasteiger partial charge in [0.25, 0.3) is 5.69 Å². The number of nitrogens with one attached hydrogen (secondary N) is 1. The van der Waals surface area contributed by atoms with Crippen molar-refractivity contribution < 1.29 is 14.5 Å². The molecule has 0 unspecified atom stereocenters. The second-order valence-corrected chi connectivity index (χ2v) is 4.65. The summed E-state index contributed by atoms with van der Waals surface area (Å²) in [6, 6.07) is 7.93. The van der Waals surface area contributed by atoms with E-state index in [1.165, 1.54) is 23.5 Å². The summed E-state index contributed by atoms with van der Waals surface area (Å²) >= 11 is 6.64. The number of nitro groups is 1. The van der Waals surface area contributed by atoms with Crippen molar-refractivity contribution >= 4 is 39.8 Å². The molecule has 1 aromatic carbocycles. The lowest BCUT2D eigenvalue weighted by Gasteiger charge is -2.00. The van der Waals surface area contributed by atoms with Crippen molar-refractivity contribution in [2.24, 2.45) is 0 Å². The van der Waals surface area contributed by atoms with Crippen LogP contribution in [0, 0.1) is 10.1 Å². The van der Waals surface area contributed by atoms with Crippen LogP contribution in [0.3, 0.4) is 0 Å². The third-order valence-corrected chi connectivity index (χ3v) is 2.76. The molecule has 0 aliphatic carbocycles. The van der Waals surface area contributed by atoms with Crippen LogP contribution in [0.15, 0.2) is 41.9 Å². The van der Waals surface area contributed by atoms with Crippen LogP contribution in [0.4, 0.5) is 15.6 Å². The summed E-state index contributed by atoms with van der Waals surface area (Å²) in [5, 5.41) is 14.7. The van der Waals surface area contributed by atoms with E-state index in [9.17, 15) is 14.9 Å². The number of non-ortho nitro benzene ring substituents is 1. The summed E-state index contributed by atoms with van der Waals surface area (Å²) in [4.78, 5) is 24.3. The molecule has 2 aromatic rings. The monoisotopic (exact) mass is 329 g/mol. The highest BCUT2D eigenvalue weighted by Crippen LogP contribution is 2.10. The van der Waals surface area contributed by atoms with E-state index in [0.717, 1.165) is 0 Å². The van der Waals surface area contributed by atoms with Crippen LogP contribution < -0.4 is 5.32 Å². The van der Waals surface area contributed by atoms with Crippen molar-refractivity contribution in [3.8, 4) is 0 Å². The van der Waals surface area contributed by atoms with Gasteiger partial charge in [-0.25, -0.2) is 9.78 Å². The van der Waals surface area contributed by atoms with Gasteiger partial charge in [0, 0.05) is 23.7 Å². The summed E-state index contributed by atoms with van der Waals surface area (Å²) in [6.45, 7) is 0.207. The number of hydrogen-bond donors (Lipinski definition) is 1. The second-order valence-electron chi connectivity index (χ2n) is 3.38. The molecule has 0 radical (unpaired) electrons. The van der Waals surface area contributed by atoms with Gasteiger partial charge in [0.1, 0.15) is 6.61 Å². The van der Waals surface area contributed by atoms with Crippen molar-refractivity contribution in [1.82, 2.24) is 4.98 Å². The highest BCUT2D eigenvalue weighted by atomic mass is 35.5. The Labute approximate surface area is 129 Å². The van der Waals surface area contributed by atoms with Gasteiger partial charge in [-0.15, -0.1) is 22.9 Å². The Hall–Kier alpha value is -2.19. The maximum absolute atomic E-state index is 10.8. The number of carbonyl (C=O) groups excluding carboxylic acids is 1. The number of para-hydroxylation sites is 1. The Kier molecular flexibility index (Phi) is 7.77. The molecular formula is C12H12ClN3O4S. The average molecular weight is 330 g/mol. The molecule has 7 nitrogen and oxygen atoms in total. The Bertz CT molecular complexity index is 551. The first-order valence-corrected chi connectivity index (χ1v) is 7.13. The minimum absolute atomic E-state index is 0.137. The number of nitro benzene ring substituents is 1. The standard InChI is InChI=1S/C6H7ClN2O2S.C6H5NO2/c7-1-3-11-6(10)9-5-8-2-4-12-5;8-7(9)6-4-2-1-3-5-6/h2,4H,1,3H2,(H,8,9,10);1-5H. The zero-order valence-corrected chi connectivity index (χ0v) is 12.3. The van der Waals surface area contributed by atoms with Gasteiger partial charge >= 0.3 is 6.09 Å². The normalized spacial score (nSPS) is 9.19. The lowest BCUT2D eigenvalue weighted by atomic mass is 10.3. The van der Waals surface area contributed by atoms with Crippen LogP contribution in [0.5, 0.6) is 0 Å². The maximum atomic E-state index is 10.8. The molecule has 0 spiro atoms. The van der Waals surface area contributed by atoms with E-state index < -0.39 is 11.0 Å². The molecule has 112 valence electrons. The molecule has 0 bridgehead atoms. The number of amides is 1. The first-order chi connectivity index (χ1) is 10.1. The van der Waals surface area contributed by atoms with Gasteiger partial charge in [0.05, 0.1) is 10.8 Å². The van der Waals surface area contributed by atoms with Gasteiger partial charge in [-0.3, -0.25) is 15.4 Å². The molecule has 9 heteroatoms. The van der Waals surface area contributed by atoms with Crippen LogP contribution in [-0.2, 0) is 4.74 Å². The molecule has 2 rings (SSSR count). The molecule has 0 aliphatic heterocycles. The SMILES string of the molecule is O=C(Nc1nccs1)OCCCl.O=[N+]([O-])c1ccccc1. The number of ether oxygens (including phenoxy) is 1. The van der Waals surface area contributed by atoms with Crippen LogP contribution in [0.2, 0.25) is 0 Å². The number of hydrogen-bond acceptors (Lipinski definition) is 6. The molecule has 1 aromatic heterocycles. The maximum Gasteiger partial charge on any atom is 0.413 e. The van der Waals surface area contributed by atoms with Gasteiger partial charge < -0.3 is 4.74 Å². The zero-order valence-electron chi connectivity index (χ0n) is 10.8. The molecule has 0 fully saturated rings. The highest BCUT2D eigenvalue weighted by Gasteiger charge is 2.03. The third kappa shape index (κ3) is 7.23. The van der Waals surface area contributed by atoms with E-state index in [2.05, 4.69) is 15.0 Å². The first kappa shape index (κ1) is 16.9. The number of anilines is 1. The fourth-order valence-electron chi connectivity index (χ4n) is 1.09. The van der Waals surface area contributed by atoms with Crippen molar-refractivity contribution in [3.05, 3.63) is 52.0 Å². The number of thiazole rings is 1. The predicted molar refractivity (Wildman–Crippen MR) is 80.9 cm³/mol. The summed E-state index contributed by atoms with van der Waals surface area (Å²) < 4.78 is 4.65. The van der Waals surface area contributed by atoms with Crippen molar-refractivity contribution in [3.63, 3.8) is 0 Å². The number of rotatable bonds is 4. The molecule has 1 N–H and O–H groups in total. The second kappa shape index (κ2) is 9.67. The van der Waals surface area contributed by atoms with E-state index >= 15 is 0 Å². The van der Waals surface area contributed by atoms with Gasteiger partial charge in [-0.2, -0.15) is 0 Å². The minimum atomic E-state index is -0.523. The topological polar surface area (TPSA) is 94.4 Å². The van der Waals surface area contributed by atoms with Gasteiger partial charge in [0.2, 0.25) is 0 Å². The number of alkyl halides is 1. The van der Waals surface area contributed by atoms with E-state index in [4.69, 9.17) is 11.6 Å². The van der Waals surface area contributed by atoms with Crippen molar-refractivity contribution in [1.29, 1.82) is 0 Å². The third-order valence-electron chi connectivity index (χ3n) is 1.92. The summed E-state index contributed by atoms with van der Waals surface area (Å²) in [7, 11) is 0. The smallest absolute Gasteiger partial charge is 0.413 e. The molecule has 0 atom stereocenters. The Balaban J connectivity index is 0.000000219. The van der Waals surface area contributed by atoms with Crippen molar-refractivity contribution in [2.75, 3.05) is 17.8 Å². The lowest BCUT2D eigenvalue weighted by molar-refractivity contribution is -0.384. The summed E-state index contributed by atoms with van der Waals surface area (Å²) in [5.41, 5.74) is 0.137. The van der Waals surface area contributed by atoms with E-state index in [0.29, 0.717) is 11.0 Å². The van der Waals surface area contributed by atoms with Crippen LogP contribution in [0.1, 0.15) is 0 Å². The number of carbonyl (C=O) groups is 1. The molecule has 0 saturated carbocycles. The highest BCUT2D eigenvalue weighted by molar-refractivity contribution is 7.13. The van der Waals surface area contributed by atoms with Crippen molar-refractivity contribution in [2.45, 2.75) is 0 Å². The minimum Gasteiger partial charge on any atom is -0.448 e.